The van der Waals surface area contributed by atoms with Gasteiger partial charge in [-0.05, 0) is 67.4 Å². The molecule has 2 aliphatic heterocycles. The fraction of sp³-hybridized carbons (Fsp3) is 0.462. The fourth-order valence-electron chi connectivity index (χ4n) is 4.76. The molecule has 0 spiro atoms. The SMILES string of the molecule is Fc1ccc(C2C(OCCc3cc(F)cc(C(F)(F)F)c3)OCCN2Cc2n[nH]nc2CN2CCC2)cc1. The van der Waals surface area contributed by atoms with Crippen LogP contribution in [0.1, 0.15) is 40.5 Å². The number of hydrogen-bond donors (Lipinski definition) is 1. The van der Waals surface area contributed by atoms with Gasteiger partial charge in [-0.1, -0.05) is 12.1 Å². The predicted molar refractivity (Wildman–Crippen MR) is 127 cm³/mol. The quantitative estimate of drug-likeness (QED) is 0.407. The molecule has 0 radical (unpaired) electrons. The summed E-state index contributed by atoms with van der Waals surface area (Å²) in [6.45, 7) is 4.09. The molecule has 0 bridgehead atoms. The van der Waals surface area contributed by atoms with Gasteiger partial charge < -0.3 is 9.47 Å². The van der Waals surface area contributed by atoms with Crippen molar-refractivity contribution in [3.8, 4) is 0 Å². The number of likely N-dealkylation sites (tertiary alicyclic amines) is 1. The first-order valence-corrected chi connectivity index (χ1v) is 12.5. The van der Waals surface area contributed by atoms with E-state index in [4.69, 9.17) is 9.47 Å². The molecule has 2 aliphatic rings. The summed E-state index contributed by atoms with van der Waals surface area (Å²) in [5, 5.41) is 11.4. The number of nitrogens with zero attached hydrogens (tertiary/aromatic N) is 4. The van der Waals surface area contributed by atoms with Crippen LogP contribution in [0.5, 0.6) is 0 Å². The van der Waals surface area contributed by atoms with Crippen molar-refractivity contribution in [3.05, 3.63) is 82.2 Å². The summed E-state index contributed by atoms with van der Waals surface area (Å²) >= 11 is 0. The minimum absolute atomic E-state index is 0.00111. The van der Waals surface area contributed by atoms with E-state index >= 15 is 0 Å². The van der Waals surface area contributed by atoms with Gasteiger partial charge in [0.2, 0.25) is 0 Å². The van der Waals surface area contributed by atoms with Crippen LogP contribution in [-0.4, -0.2) is 64.3 Å². The molecule has 204 valence electrons. The van der Waals surface area contributed by atoms with Crippen LogP contribution in [0.25, 0.3) is 0 Å². The zero-order valence-electron chi connectivity index (χ0n) is 20.6. The van der Waals surface area contributed by atoms with E-state index in [9.17, 15) is 22.0 Å². The van der Waals surface area contributed by atoms with Gasteiger partial charge in [-0.2, -0.15) is 28.6 Å². The molecule has 3 heterocycles. The van der Waals surface area contributed by atoms with Crippen LogP contribution in [0.2, 0.25) is 0 Å². The topological polar surface area (TPSA) is 66.5 Å². The maximum absolute atomic E-state index is 13.8. The minimum atomic E-state index is -4.64. The number of morpholine rings is 1. The second-order valence-electron chi connectivity index (χ2n) is 9.52. The Labute approximate surface area is 216 Å². The first kappa shape index (κ1) is 26.7. The van der Waals surface area contributed by atoms with Crippen LogP contribution in [0.15, 0.2) is 42.5 Å². The smallest absolute Gasteiger partial charge is 0.350 e. The number of benzene rings is 2. The number of hydrogen-bond acceptors (Lipinski definition) is 6. The Hall–Kier alpha value is -2.93. The van der Waals surface area contributed by atoms with Crippen LogP contribution in [0, 0.1) is 11.6 Å². The molecule has 2 unspecified atom stereocenters. The van der Waals surface area contributed by atoms with Crippen molar-refractivity contribution in [1.82, 2.24) is 25.2 Å². The highest BCUT2D eigenvalue weighted by atomic mass is 19.4. The Bertz CT molecular complexity index is 1220. The second-order valence-corrected chi connectivity index (χ2v) is 9.52. The molecule has 0 amide bonds. The number of nitrogens with one attached hydrogen (secondary N) is 1. The Morgan fingerprint density at radius 3 is 2.37 bits per heavy atom. The summed E-state index contributed by atoms with van der Waals surface area (Å²) in [6.07, 6.45) is -4.21. The number of halogens is 5. The third-order valence-electron chi connectivity index (χ3n) is 6.86. The van der Waals surface area contributed by atoms with Gasteiger partial charge in [0.1, 0.15) is 23.0 Å². The Morgan fingerprint density at radius 2 is 1.68 bits per heavy atom. The highest BCUT2D eigenvalue weighted by Gasteiger charge is 2.36. The molecular weight excluding hydrogens is 509 g/mol. The molecule has 0 saturated carbocycles. The summed E-state index contributed by atoms with van der Waals surface area (Å²) in [5.41, 5.74) is 1.54. The largest absolute Gasteiger partial charge is 0.416 e. The molecule has 12 heteroatoms. The number of ether oxygens (including phenoxy) is 2. The average Bonchev–Trinajstić information content (AvgIpc) is 3.28. The third-order valence-corrected chi connectivity index (χ3v) is 6.86. The van der Waals surface area contributed by atoms with Crippen LogP contribution >= 0.6 is 0 Å². The van der Waals surface area contributed by atoms with Crippen molar-refractivity contribution in [3.63, 3.8) is 0 Å². The van der Waals surface area contributed by atoms with Crippen molar-refractivity contribution in [2.24, 2.45) is 0 Å². The maximum atomic E-state index is 13.8. The van der Waals surface area contributed by atoms with Crippen molar-refractivity contribution < 1.29 is 31.4 Å². The molecule has 2 fully saturated rings. The zero-order chi connectivity index (χ0) is 26.7. The van der Waals surface area contributed by atoms with E-state index in [0.717, 1.165) is 48.6 Å². The summed E-state index contributed by atoms with van der Waals surface area (Å²) in [7, 11) is 0. The highest BCUT2D eigenvalue weighted by Crippen LogP contribution is 2.33. The molecule has 7 nitrogen and oxygen atoms in total. The number of alkyl halides is 3. The summed E-state index contributed by atoms with van der Waals surface area (Å²) in [6, 6.07) is 8.05. The van der Waals surface area contributed by atoms with Crippen LogP contribution in [0.3, 0.4) is 0 Å². The summed E-state index contributed by atoms with van der Waals surface area (Å²) in [4.78, 5) is 4.39. The number of H-pyrrole nitrogens is 1. The van der Waals surface area contributed by atoms with Gasteiger partial charge in [0.05, 0.1) is 24.8 Å². The molecule has 38 heavy (non-hydrogen) atoms. The Balaban J connectivity index is 1.31. The molecule has 3 aromatic rings. The number of rotatable bonds is 9. The molecule has 1 aromatic heterocycles. The lowest BCUT2D eigenvalue weighted by Crippen LogP contribution is -2.46. The van der Waals surface area contributed by atoms with E-state index in [-0.39, 0.29) is 24.4 Å². The van der Waals surface area contributed by atoms with Gasteiger partial charge in [-0.15, -0.1) is 0 Å². The first-order chi connectivity index (χ1) is 18.3. The van der Waals surface area contributed by atoms with Crippen LogP contribution in [-0.2, 0) is 35.2 Å². The lowest BCUT2D eigenvalue weighted by molar-refractivity contribution is -0.212. The van der Waals surface area contributed by atoms with E-state index in [0.29, 0.717) is 32.3 Å². The first-order valence-electron chi connectivity index (χ1n) is 12.5. The zero-order valence-corrected chi connectivity index (χ0v) is 20.6. The van der Waals surface area contributed by atoms with Crippen molar-refractivity contribution >= 4 is 0 Å². The van der Waals surface area contributed by atoms with Gasteiger partial charge >= 0.3 is 6.18 Å². The number of aromatic nitrogens is 3. The van der Waals surface area contributed by atoms with Gasteiger partial charge in [0, 0.05) is 19.6 Å². The average molecular weight is 538 g/mol. The minimum Gasteiger partial charge on any atom is -0.350 e. The van der Waals surface area contributed by atoms with E-state index in [1.54, 1.807) is 12.1 Å². The molecular formula is C26H28F5N5O2. The molecule has 5 rings (SSSR count). The van der Waals surface area contributed by atoms with Gasteiger partial charge in [0.25, 0.3) is 0 Å². The van der Waals surface area contributed by atoms with E-state index < -0.39 is 29.9 Å². The fourth-order valence-corrected chi connectivity index (χ4v) is 4.76. The monoisotopic (exact) mass is 537 g/mol. The second kappa shape index (κ2) is 11.4. The van der Waals surface area contributed by atoms with Crippen molar-refractivity contribution in [2.75, 3.05) is 32.8 Å². The van der Waals surface area contributed by atoms with E-state index in [1.165, 1.54) is 12.1 Å². The van der Waals surface area contributed by atoms with Gasteiger partial charge in [-0.3, -0.25) is 9.80 Å². The van der Waals surface area contributed by atoms with Crippen molar-refractivity contribution in [1.29, 1.82) is 0 Å². The Morgan fingerprint density at radius 1 is 0.947 bits per heavy atom. The van der Waals surface area contributed by atoms with E-state index in [2.05, 4.69) is 25.2 Å². The molecule has 1 N–H and O–H groups in total. The van der Waals surface area contributed by atoms with Crippen LogP contribution < -0.4 is 0 Å². The van der Waals surface area contributed by atoms with Crippen LogP contribution in [0.4, 0.5) is 22.0 Å². The lowest BCUT2D eigenvalue weighted by Gasteiger charge is -2.41. The maximum Gasteiger partial charge on any atom is 0.416 e. The number of aromatic amines is 1. The predicted octanol–water partition coefficient (Wildman–Crippen LogP) is 4.47. The summed E-state index contributed by atoms with van der Waals surface area (Å²) < 4.78 is 78.7. The summed E-state index contributed by atoms with van der Waals surface area (Å²) in [5.74, 6) is -1.34. The normalized spacial score (nSPS) is 21.0. The van der Waals surface area contributed by atoms with Gasteiger partial charge in [-0.25, -0.2) is 8.78 Å². The van der Waals surface area contributed by atoms with E-state index in [1.807, 2.05) is 0 Å². The lowest BCUT2D eigenvalue weighted by atomic mass is 10.0. The standard InChI is InChI=1S/C26H28F5N5O2/c27-20-4-2-18(3-5-20)24-25(37-10-6-17-12-19(26(29,30)31)14-21(28)13-17)38-11-9-36(24)16-23-22(32-34-33-23)15-35-7-1-8-35/h2-5,12-14,24-25H,1,6-11,15-16H2,(H,32,33,34). The third kappa shape index (κ3) is 6.37. The molecule has 0 aliphatic carbocycles. The molecule has 2 aromatic carbocycles. The van der Waals surface area contributed by atoms with Crippen molar-refractivity contribution in [2.45, 2.75) is 44.4 Å². The van der Waals surface area contributed by atoms with Gasteiger partial charge in [0.15, 0.2) is 6.29 Å². The molecule has 2 saturated heterocycles. The highest BCUT2D eigenvalue weighted by molar-refractivity contribution is 5.27. The Kier molecular flexibility index (Phi) is 8.03. The molecule has 2 atom stereocenters.